The molecule has 0 unspecified atom stereocenters. The van der Waals surface area contributed by atoms with Gasteiger partial charge >= 0.3 is 0 Å². The first kappa shape index (κ1) is 14.9. The highest BCUT2D eigenvalue weighted by atomic mass is 16.5. The van der Waals surface area contributed by atoms with Gasteiger partial charge in [-0.05, 0) is 12.3 Å². The molecule has 0 bridgehead atoms. The van der Waals surface area contributed by atoms with Crippen molar-refractivity contribution in [3.8, 4) is 0 Å². The van der Waals surface area contributed by atoms with E-state index in [0.29, 0.717) is 0 Å². The number of aliphatic hydroxyl groups excluding tert-OH is 1. The number of hydrogen-bond donors (Lipinski definition) is 1. The lowest BCUT2D eigenvalue weighted by Gasteiger charge is -2.34. The zero-order valence-electron chi connectivity index (χ0n) is 11.4. The number of aliphatic hydroxyl groups is 1. The Hall–Kier alpha value is -0.160. The van der Waals surface area contributed by atoms with Gasteiger partial charge in [0.1, 0.15) is 0 Å². The van der Waals surface area contributed by atoms with E-state index in [2.05, 4.69) is 23.6 Å². The summed E-state index contributed by atoms with van der Waals surface area (Å²) in [6.07, 6.45) is 1.16. The van der Waals surface area contributed by atoms with Crippen LogP contribution < -0.4 is 0 Å². The first-order valence-corrected chi connectivity index (χ1v) is 6.85. The molecule has 1 saturated heterocycles. The molecule has 1 heterocycles. The van der Waals surface area contributed by atoms with E-state index in [0.717, 1.165) is 64.8 Å². The molecule has 1 fully saturated rings. The molecular weight excluding hydrogens is 216 g/mol. The first-order valence-electron chi connectivity index (χ1n) is 6.85. The minimum Gasteiger partial charge on any atom is -0.395 e. The third-order valence-corrected chi connectivity index (χ3v) is 3.27. The van der Waals surface area contributed by atoms with Gasteiger partial charge in [-0.15, -0.1) is 0 Å². The third kappa shape index (κ3) is 6.99. The Morgan fingerprint density at radius 1 is 1.00 bits per heavy atom. The standard InChI is InChI=1S/C13H28N2O2/c1-13(2)3-11-17-12-9-15-6-4-14(5-7-15)8-10-16/h13,16H,3-12H2,1-2H3. The monoisotopic (exact) mass is 244 g/mol. The third-order valence-electron chi connectivity index (χ3n) is 3.27. The van der Waals surface area contributed by atoms with E-state index in [4.69, 9.17) is 9.84 Å². The van der Waals surface area contributed by atoms with Crippen LogP contribution in [0.1, 0.15) is 20.3 Å². The molecule has 0 aromatic carbocycles. The molecule has 102 valence electrons. The molecule has 0 atom stereocenters. The fourth-order valence-corrected chi connectivity index (χ4v) is 1.99. The molecular formula is C13H28N2O2. The molecule has 0 amide bonds. The van der Waals surface area contributed by atoms with Crippen LogP contribution in [-0.2, 0) is 4.74 Å². The van der Waals surface area contributed by atoms with Crippen molar-refractivity contribution in [3.05, 3.63) is 0 Å². The van der Waals surface area contributed by atoms with E-state index in [1.165, 1.54) is 0 Å². The van der Waals surface area contributed by atoms with Crippen molar-refractivity contribution >= 4 is 0 Å². The van der Waals surface area contributed by atoms with Crippen LogP contribution in [-0.4, -0.2) is 74.0 Å². The smallest absolute Gasteiger partial charge is 0.0593 e. The molecule has 1 rings (SSSR count). The number of rotatable bonds is 8. The van der Waals surface area contributed by atoms with Gasteiger partial charge < -0.3 is 9.84 Å². The quantitative estimate of drug-likeness (QED) is 0.636. The topological polar surface area (TPSA) is 35.9 Å². The lowest BCUT2D eigenvalue weighted by Crippen LogP contribution is -2.47. The van der Waals surface area contributed by atoms with Crippen molar-refractivity contribution in [2.75, 3.05) is 59.1 Å². The van der Waals surface area contributed by atoms with Gasteiger partial charge in [0.15, 0.2) is 0 Å². The van der Waals surface area contributed by atoms with Gasteiger partial charge in [-0.25, -0.2) is 0 Å². The number of β-amino-alcohol motifs (C(OH)–C–C–N with tert-alkyl or cyclic N) is 1. The molecule has 4 nitrogen and oxygen atoms in total. The predicted molar refractivity (Wildman–Crippen MR) is 70.2 cm³/mol. The molecule has 0 aromatic heterocycles. The van der Waals surface area contributed by atoms with Crippen molar-refractivity contribution in [1.82, 2.24) is 9.80 Å². The molecule has 0 aliphatic carbocycles. The normalized spacial score (nSPS) is 19.1. The highest BCUT2D eigenvalue weighted by molar-refractivity contribution is 4.71. The molecule has 1 N–H and O–H groups in total. The Morgan fingerprint density at radius 3 is 2.12 bits per heavy atom. The molecule has 0 saturated carbocycles. The summed E-state index contributed by atoms with van der Waals surface area (Å²) >= 11 is 0. The summed E-state index contributed by atoms with van der Waals surface area (Å²) in [4.78, 5) is 4.76. The maximum Gasteiger partial charge on any atom is 0.0593 e. The number of hydrogen-bond acceptors (Lipinski definition) is 4. The minimum atomic E-state index is 0.276. The maximum absolute atomic E-state index is 8.85. The van der Waals surface area contributed by atoms with Crippen LogP contribution >= 0.6 is 0 Å². The summed E-state index contributed by atoms with van der Waals surface area (Å²) in [5.74, 6) is 0.733. The van der Waals surface area contributed by atoms with Crippen LogP contribution in [0.4, 0.5) is 0 Å². The lowest BCUT2D eigenvalue weighted by atomic mass is 10.1. The largest absolute Gasteiger partial charge is 0.395 e. The van der Waals surface area contributed by atoms with Gasteiger partial charge in [-0.1, -0.05) is 13.8 Å². The Morgan fingerprint density at radius 2 is 1.59 bits per heavy atom. The van der Waals surface area contributed by atoms with Gasteiger partial charge in [0.2, 0.25) is 0 Å². The van der Waals surface area contributed by atoms with Gasteiger partial charge in [0.25, 0.3) is 0 Å². The predicted octanol–water partition coefficient (Wildman–Crippen LogP) is 0.659. The summed E-state index contributed by atoms with van der Waals surface area (Å²) in [5.41, 5.74) is 0. The van der Waals surface area contributed by atoms with Gasteiger partial charge in [-0.2, -0.15) is 0 Å². The van der Waals surface area contributed by atoms with Crippen LogP contribution in [0.2, 0.25) is 0 Å². The Bertz CT molecular complexity index is 180. The average molecular weight is 244 g/mol. The minimum absolute atomic E-state index is 0.276. The molecule has 0 spiro atoms. The summed E-state index contributed by atoms with van der Waals surface area (Å²) in [5, 5.41) is 8.85. The van der Waals surface area contributed by atoms with Crippen molar-refractivity contribution in [3.63, 3.8) is 0 Å². The van der Waals surface area contributed by atoms with Crippen molar-refractivity contribution < 1.29 is 9.84 Å². The zero-order chi connectivity index (χ0) is 12.5. The van der Waals surface area contributed by atoms with E-state index in [1.807, 2.05) is 0 Å². The highest BCUT2D eigenvalue weighted by Crippen LogP contribution is 2.02. The molecule has 1 aliphatic heterocycles. The van der Waals surface area contributed by atoms with E-state index in [-0.39, 0.29) is 6.61 Å². The SMILES string of the molecule is CC(C)CCOCCN1CCN(CCO)CC1. The molecule has 4 heteroatoms. The van der Waals surface area contributed by atoms with Crippen molar-refractivity contribution in [2.45, 2.75) is 20.3 Å². The molecule has 1 aliphatic rings. The van der Waals surface area contributed by atoms with Crippen LogP contribution in [0.5, 0.6) is 0 Å². The van der Waals surface area contributed by atoms with Crippen LogP contribution in [0.15, 0.2) is 0 Å². The van der Waals surface area contributed by atoms with E-state index in [9.17, 15) is 0 Å². The molecule has 0 aromatic rings. The van der Waals surface area contributed by atoms with Gasteiger partial charge in [0.05, 0.1) is 13.2 Å². The fraction of sp³-hybridized carbons (Fsp3) is 1.00. The van der Waals surface area contributed by atoms with Crippen LogP contribution in [0.3, 0.4) is 0 Å². The Labute approximate surface area is 106 Å². The van der Waals surface area contributed by atoms with Crippen LogP contribution in [0.25, 0.3) is 0 Å². The van der Waals surface area contributed by atoms with E-state index in [1.54, 1.807) is 0 Å². The fourth-order valence-electron chi connectivity index (χ4n) is 1.99. The number of nitrogens with zero attached hydrogens (tertiary/aromatic N) is 2. The number of piperazine rings is 1. The van der Waals surface area contributed by atoms with Crippen molar-refractivity contribution in [2.24, 2.45) is 5.92 Å². The van der Waals surface area contributed by atoms with E-state index >= 15 is 0 Å². The maximum atomic E-state index is 8.85. The zero-order valence-corrected chi connectivity index (χ0v) is 11.4. The summed E-state index contributed by atoms with van der Waals surface area (Å²) in [6, 6.07) is 0. The van der Waals surface area contributed by atoms with Crippen molar-refractivity contribution in [1.29, 1.82) is 0 Å². The second-order valence-corrected chi connectivity index (χ2v) is 5.20. The van der Waals surface area contributed by atoms with Crippen LogP contribution in [0, 0.1) is 5.92 Å². The average Bonchev–Trinajstić information content (AvgIpc) is 2.31. The first-order chi connectivity index (χ1) is 8.22. The Balaban J connectivity index is 1.95. The number of ether oxygens (including phenoxy) is 1. The highest BCUT2D eigenvalue weighted by Gasteiger charge is 2.15. The summed E-state index contributed by atoms with van der Waals surface area (Å²) in [6.45, 7) is 12.7. The van der Waals surface area contributed by atoms with Gasteiger partial charge in [-0.3, -0.25) is 9.80 Å². The lowest BCUT2D eigenvalue weighted by molar-refractivity contribution is 0.0664. The summed E-state index contributed by atoms with van der Waals surface area (Å²) in [7, 11) is 0. The summed E-state index contributed by atoms with van der Waals surface area (Å²) < 4.78 is 5.63. The van der Waals surface area contributed by atoms with Gasteiger partial charge in [0, 0.05) is 45.9 Å². The van der Waals surface area contributed by atoms with E-state index < -0.39 is 0 Å². The molecule has 17 heavy (non-hydrogen) atoms. The second kappa shape index (κ2) is 8.86. The Kier molecular flexibility index (Phi) is 7.77. The second-order valence-electron chi connectivity index (χ2n) is 5.20. The molecule has 0 radical (unpaired) electrons.